The van der Waals surface area contributed by atoms with Crippen LogP contribution in [0.25, 0.3) is 0 Å². The number of amides is 2. The van der Waals surface area contributed by atoms with Gasteiger partial charge >= 0.3 is 0 Å². The van der Waals surface area contributed by atoms with E-state index in [4.69, 9.17) is 28.1 Å². The molecule has 5 N–H and O–H groups in total. The van der Waals surface area contributed by atoms with Gasteiger partial charge in [-0.25, -0.2) is 0 Å². The molecular weight excluding hydrogens is 615 g/mol. The average molecular weight is 648 g/mol. The van der Waals surface area contributed by atoms with Gasteiger partial charge in [-0.3, -0.25) is 25.1 Å². The Morgan fingerprint density at radius 1 is 1.10 bits per heavy atom. The van der Waals surface area contributed by atoms with Crippen molar-refractivity contribution in [3.05, 3.63) is 66.2 Å². The molecule has 2 aromatic heterocycles. The third-order valence-electron chi connectivity index (χ3n) is 6.60. The lowest BCUT2D eigenvalue weighted by atomic mass is 9.88. The number of carbonyl (C=O) groups is 2. The number of aryl methyl sites for hydroxylation is 2. The van der Waals surface area contributed by atoms with Crippen LogP contribution in [0.1, 0.15) is 62.7 Å². The molecule has 1 aliphatic carbocycles. The number of nitrogen functional groups attached to an aromatic ring is 1. The van der Waals surface area contributed by atoms with E-state index in [0.717, 1.165) is 45.3 Å². The van der Waals surface area contributed by atoms with Gasteiger partial charge in [-0.2, -0.15) is 0 Å². The zero-order valence-corrected chi connectivity index (χ0v) is 27.0. The van der Waals surface area contributed by atoms with E-state index in [1.54, 1.807) is 43.0 Å². The number of thiocarbonyl (C=S) groups is 1. The fraction of sp³-hybridized carbons (Fsp3) is 0.357. The molecule has 3 aromatic rings. The minimum absolute atomic E-state index is 0.0541. The minimum Gasteiger partial charge on any atom is -0.486 e. The molecule has 0 radical (unpaired) electrons. The second kappa shape index (κ2) is 15.2. The molecule has 1 aromatic carbocycles. The molecular formula is C28H33N5O5S4. The molecule has 224 valence electrons. The Bertz CT molecular complexity index is 1490. The van der Waals surface area contributed by atoms with Gasteiger partial charge in [-0.1, -0.05) is 25.3 Å². The summed E-state index contributed by atoms with van der Waals surface area (Å²) < 4.78 is 6.01. The maximum absolute atomic E-state index is 12.3. The summed E-state index contributed by atoms with van der Waals surface area (Å²) in [6.45, 7) is 3.47. The SMILES string of the molecule is COC(=S)c1cc(NC(=O)c2ccc(C)c([N+](=O)[O-])c2)c(C)s1.CSc1sc(C(=N)N)cc1NC(=O)C1CCCCC1. The summed E-state index contributed by atoms with van der Waals surface area (Å²) in [6, 6.07) is 7.91. The third kappa shape index (κ3) is 8.60. The summed E-state index contributed by atoms with van der Waals surface area (Å²) >= 11 is 9.50. The molecule has 14 heteroatoms. The van der Waals surface area contributed by atoms with Gasteiger partial charge in [-0.15, -0.1) is 34.4 Å². The van der Waals surface area contributed by atoms with E-state index in [2.05, 4.69) is 10.6 Å². The number of thiophene rings is 2. The first-order valence-electron chi connectivity index (χ1n) is 13.0. The van der Waals surface area contributed by atoms with Crippen molar-refractivity contribution in [2.24, 2.45) is 11.7 Å². The van der Waals surface area contributed by atoms with Crippen LogP contribution in [0.15, 0.2) is 34.5 Å². The number of rotatable bonds is 8. The van der Waals surface area contributed by atoms with E-state index in [1.807, 2.05) is 13.2 Å². The molecule has 1 aliphatic rings. The van der Waals surface area contributed by atoms with Gasteiger partial charge in [0.25, 0.3) is 11.6 Å². The van der Waals surface area contributed by atoms with E-state index in [0.29, 0.717) is 21.2 Å². The molecule has 0 aliphatic heterocycles. The highest BCUT2D eigenvalue weighted by molar-refractivity contribution is 8.00. The molecule has 0 unspecified atom stereocenters. The molecule has 0 atom stereocenters. The summed E-state index contributed by atoms with van der Waals surface area (Å²) in [5.74, 6) is -0.102. The molecule has 2 amide bonds. The molecule has 10 nitrogen and oxygen atoms in total. The lowest BCUT2D eigenvalue weighted by Crippen LogP contribution is -2.24. The molecule has 0 saturated heterocycles. The molecule has 0 bridgehead atoms. The quantitative estimate of drug-likeness (QED) is 0.0502. The summed E-state index contributed by atoms with van der Waals surface area (Å²) in [4.78, 5) is 37.3. The normalized spacial score (nSPS) is 13.0. The predicted molar refractivity (Wildman–Crippen MR) is 176 cm³/mol. The maximum atomic E-state index is 12.3. The summed E-state index contributed by atoms with van der Waals surface area (Å²) in [5.41, 5.74) is 7.56. The van der Waals surface area contributed by atoms with E-state index in [9.17, 15) is 19.7 Å². The van der Waals surface area contributed by atoms with Crippen LogP contribution < -0.4 is 16.4 Å². The molecule has 2 heterocycles. The monoisotopic (exact) mass is 647 g/mol. The maximum Gasteiger partial charge on any atom is 0.273 e. The standard InChI is InChI=1S/C15H14N2O4S2.C13H19N3OS2/c1-8-4-5-10(6-12(8)17(19)20)14(18)16-11-7-13(15(22)21-3)23-9(11)2;1-18-13-9(7-10(19-13)11(14)15)16-12(17)8-5-3-2-4-6-8/h4-7H,1-3H3,(H,16,18);7-8H,2-6H2,1H3,(H3,14,15)(H,16,17). The van der Waals surface area contributed by atoms with Crippen molar-refractivity contribution in [1.82, 2.24) is 0 Å². The third-order valence-corrected chi connectivity index (χ3v) is 10.5. The number of hydrogen-bond donors (Lipinski definition) is 4. The number of anilines is 2. The van der Waals surface area contributed by atoms with E-state index in [-0.39, 0.29) is 28.9 Å². The zero-order valence-electron chi connectivity index (χ0n) is 23.7. The molecule has 1 saturated carbocycles. The smallest absolute Gasteiger partial charge is 0.273 e. The van der Waals surface area contributed by atoms with Crippen LogP contribution in [0.2, 0.25) is 0 Å². The Morgan fingerprint density at radius 2 is 1.76 bits per heavy atom. The van der Waals surface area contributed by atoms with Crippen molar-refractivity contribution < 1.29 is 19.2 Å². The summed E-state index contributed by atoms with van der Waals surface area (Å²) in [6.07, 6.45) is 7.48. The lowest BCUT2D eigenvalue weighted by Gasteiger charge is -2.20. The van der Waals surface area contributed by atoms with Crippen LogP contribution >= 0.6 is 46.7 Å². The molecule has 0 spiro atoms. The van der Waals surface area contributed by atoms with Gasteiger partial charge in [0.1, 0.15) is 5.84 Å². The van der Waals surface area contributed by atoms with Gasteiger partial charge < -0.3 is 21.1 Å². The van der Waals surface area contributed by atoms with Crippen molar-refractivity contribution in [3.8, 4) is 0 Å². The fourth-order valence-electron chi connectivity index (χ4n) is 4.29. The van der Waals surface area contributed by atoms with Crippen molar-refractivity contribution in [2.75, 3.05) is 24.0 Å². The van der Waals surface area contributed by atoms with Gasteiger partial charge in [0.15, 0.2) is 0 Å². The first kappa shape index (κ1) is 33.2. The van der Waals surface area contributed by atoms with E-state index in [1.165, 1.54) is 42.3 Å². The predicted octanol–water partition coefficient (Wildman–Crippen LogP) is 7.12. The Kier molecular flexibility index (Phi) is 12.0. The zero-order chi connectivity index (χ0) is 31.0. The Morgan fingerprint density at radius 3 is 2.36 bits per heavy atom. The van der Waals surface area contributed by atoms with Gasteiger partial charge in [0, 0.05) is 28.0 Å². The van der Waals surface area contributed by atoms with Crippen LogP contribution in [0.4, 0.5) is 17.1 Å². The van der Waals surface area contributed by atoms with Gasteiger partial charge in [0.05, 0.1) is 37.4 Å². The number of hydrogen-bond acceptors (Lipinski definition) is 10. The Balaban J connectivity index is 0.000000235. The number of thioether (sulfide) groups is 1. The number of amidine groups is 1. The number of nitrogens with zero attached hydrogens (tertiary/aromatic N) is 1. The highest BCUT2D eigenvalue weighted by atomic mass is 32.2. The lowest BCUT2D eigenvalue weighted by molar-refractivity contribution is -0.385. The van der Waals surface area contributed by atoms with Crippen molar-refractivity contribution in [3.63, 3.8) is 0 Å². The molecule has 42 heavy (non-hydrogen) atoms. The van der Waals surface area contributed by atoms with Crippen LogP contribution in [0.3, 0.4) is 0 Å². The number of nitro benzene ring substituents is 1. The van der Waals surface area contributed by atoms with Crippen LogP contribution in [0, 0.1) is 35.3 Å². The van der Waals surface area contributed by atoms with Crippen LogP contribution in [-0.2, 0) is 9.53 Å². The molecule has 4 rings (SSSR count). The molecule has 1 fully saturated rings. The summed E-state index contributed by atoms with van der Waals surface area (Å²) in [7, 11) is 1.49. The van der Waals surface area contributed by atoms with Crippen LogP contribution in [-0.4, -0.2) is 41.0 Å². The highest BCUT2D eigenvalue weighted by Gasteiger charge is 2.23. The second-order valence-electron chi connectivity index (χ2n) is 9.54. The largest absolute Gasteiger partial charge is 0.486 e. The van der Waals surface area contributed by atoms with E-state index < -0.39 is 10.8 Å². The Hall–Kier alpha value is -3.33. The van der Waals surface area contributed by atoms with Gasteiger partial charge in [-0.05, 0) is 63.4 Å². The number of methoxy groups -OCH3 is 1. The number of nitro groups is 1. The van der Waals surface area contributed by atoms with Crippen molar-refractivity contribution in [1.29, 1.82) is 5.41 Å². The number of ether oxygens (including phenoxy) is 1. The first-order chi connectivity index (χ1) is 19.9. The van der Waals surface area contributed by atoms with Crippen molar-refractivity contribution in [2.45, 2.75) is 50.2 Å². The number of benzene rings is 1. The highest BCUT2D eigenvalue weighted by Crippen LogP contribution is 2.36. The van der Waals surface area contributed by atoms with Crippen molar-refractivity contribution >= 4 is 86.4 Å². The number of nitrogens with one attached hydrogen (secondary N) is 3. The van der Waals surface area contributed by atoms with E-state index >= 15 is 0 Å². The second-order valence-corrected chi connectivity index (χ2v) is 13.3. The Labute approximate surface area is 262 Å². The number of nitrogens with two attached hydrogens (primary N) is 1. The number of carbonyl (C=O) groups excluding carboxylic acids is 2. The van der Waals surface area contributed by atoms with Gasteiger partial charge in [0.2, 0.25) is 11.0 Å². The topological polar surface area (TPSA) is 160 Å². The minimum atomic E-state index is -0.503. The first-order valence-corrected chi connectivity index (χ1v) is 16.3. The van der Waals surface area contributed by atoms with Crippen LogP contribution in [0.5, 0.6) is 0 Å². The summed E-state index contributed by atoms with van der Waals surface area (Å²) in [5, 5.41) is 24.5. The average Bonchev–Trinajstić information content (AvgIpc) is 3.56. The fourth-order valence-corrected chi connectivity index (χ4v) is 7.01.